The Balaban J connectivity index is -0.00000280. The Bertz CT molecular complexity index is 1950. The standard InChI is InChI=1S/C19H34N2O30S5.6Na/c1-43-17-7(21-53(31,32)33)10(24)12(5(47-17)3-45-55(37,38)39)48-19-14(51-56(40,41)42)11(25)13(15(50-19)16(26)27)49-18-6(20-52(28,29)30)9(23)8(22)4(46-18)2-44-54(34,35)36;;;;;;/h4-15,17-25H,2-3H2,1H3,(H,26,27)(H,28,29,30)(H,31,32,33)(H,34,35,36)(H,37,38,39)(H,40,41,42);;;;;;/q;6*+1/p-6/t4-,5-,6-,7-,8-,9-,10-,11+,12-,13+,14-,15-,17+,18-,19-;;;;;;/m1....../s1. The Kier molecular flexibility index (Phi) is 35.1. The number of carboxylic acid groups (broad SMARTS) is 1. The summed E-state index contributed by atoms with van der Waals surface area (Å²) >= 11 is 0. The van der Waals surface area contributed by atoms with Crippen molar-refractivity contribution in [3.05, 3.63) is 0 Å². The smallest absolute Gasteiger partial charge is 0.735 e. The number of aliphatic carboxylic acids is 1. The summed E-state index contributed by atoms with van der Waals surface area (Å²) in [6, 6.07) is -4.83. The van der Waals surface area contributed by atoms with Crippen LogP contribution in [0, 0.1) is 0 Å². The number of hydrogen-bond donors (Lipinski definition) is 6. The number of methoxy groups -OCH3 is 1. The van der Waals surface area contributed by atoms with E-state index in [-0.39, 0.29) is 177 Å². The Morgan fingerprint density at radius 3 is 1.37 bits per heavy atom. The number of carbonyl (C=O) groups excluding carboxylic acids is 1. The van der Waals surface area contributed by atoms with Crippen LogP contribution in [0.2, 0.25) is 0 Å². The van der Waals surface area contributed by atoms with E-state index < -0.39 is 163 Å². The molecule has 62 heavy (non-hydrogen) atoms. The minimum absolute atomic E-state index is 0. The maximum atomic E-state index is 12.3. The van der Waals surface area contributed by atoms with E-state index in [1.165, 1.54) is 4.72 Å². The molecule has 0 bridgehead atoms. The SMILES string of the molecule is CO[C@H]1O[C@H](COS(=O)(=O)[O-])[C@@H](O[C@@H]2O[C@@H](C(=O)[O-])[C@@H](O[C@H]3O[C@H](COS(=O)(=O)[O-])[C@@H](O)[C@H](O)[C@H]3NS(=O)(=O)[O-])[C@H](O)[C@H]2OS(=O)(=O)[O-])[C@H](O)[C@H]1NS(=O)(=O)[O-].[Na+].[Na+].[Na+].[Na+].[Na+].[Na+]. The summed E-state index contributed by atoms with van der Waals surface area (Å²) in [7, 11) is -27.9. The van der Waals surface area contributed by atoms with Crippen molar-refractivity contribution >= 4 is 57.8 Å². The van der Waals surface area contributed by atoms with Crippen LogP contribution < -0.4 is 192 Å². The predicted molar refractivity (Wildman–Crippen MR) is 151 cm³/mol. The molecule has 0 aromatic carbocycles. The van der Waals surface area contributed by atoms with Gasteiger partial charge >= 0.3 is 177 Å². The van der Waals surface area contributed by atoms with E-state index >= 15 is 0 Å². The van der Waals surface area contributed by atoms with E-state index in [1.54, 1.807) is 0 Å². The van der Waals surface area contributed by atoms with E-state index in [2.05, 4.69) is 12.5 Å². The normalized spacial score (nSPS) is 34.3. The zero-order valence-electron chi connectivity index (χ0n) is 33.0. The molecule has 0 saturated carbocycles. The summed E-state index contributed by atoms with van der Waals surface area (Å²) in [5.74, 6) is -2.52. The third-order valence-electron chi connectivity index (χ3n) is 7.48. The molecule has 3 fully saturated rings. The fourth-order valence-corrected chi connectivity index (χ4v) is 7.57. The van der Waals surface area contributed by atoms with Gasteiger partial charge in [-0.3, -0.25) is 12.5 Å². The molecule has 0 aromatic rings. The molecule has 0 aromatic heterocycles. The van der Waals surface area contributed by atoms with E-state index in [0.29, 0.717) is 0 Å². The van der Waals surface area contributed by atoms with E-state index in [9.17, 15) is 95.2 Å². The van der Waals surface area contributed by atoms with Crippen molar-refractivity contribution in [2.75, 3.05) is 20.3 Å². The first-order valence-electron chi connectivity index (χ1n) is 14.3. The number of aliphatic hydroxyl groups is 4. The molecule has 0 aliphatic carbocycles. The average molecular weight is 1060 g/mol. The second-order valence-corrected chi connectivity index (χ2v) is 16.7. The van der Waals surface area contributed by atoms with Crippen LogP contribution in [0.4, 0.5) is 0 Å². The third kappa shape index (κ3) is 23.3. The molecule has 32 nitrogen and oxygen atoms in total. The molecular weight excluding hydrogens is 1030 g/mol. The maximum absolute atomic E-state index is 12.3. The molecule has 0 unspecified atom stereocenters. The van der Waals surface area contributed by atoms with Gasteiger partial charge in [0.2, 0.25) is 31.2 Å². The molecular formula is C19H28N2Na6O30S5. The zero-order valence-corrected chi connectivity index (χ0v) is 49.1. The van der Waals surface area contributed by atoms with E-state index in [4.69, 9.17) is 28.4 Å². The predicted octanol–water partition coefficient (Wildman–Crippen LogP) is -29.6. The van der Waals surface area contributed by atoms with Gasteiger partial charge in [-0.25, -0.2) is 51.5 Å². The number of rotatable bonds is 18. The molecule has 3 aliphatic rings. The van der Waals surface area contributed by atoms with Gasteiger partial charge in [0.15, 0.2) is 45.6 Å². The van der Waals surface area contributed by atoms with Crippen LogP contribution in [0.5, 0.6) is 0 Å². The van der Waals surface area contributed by atoms with Gasteiger partial charge < -0.3 is 81.5 Å². The monoisotopic (exact) mass is 1060 g/mol. The number of hydrogen-bond acceptors (Lipinski definition) is 30. The summed E-state index contributed by atoms with van der Waals surface area (Å²) in [6.07, 6.45) is -34.1. The van der Waals surface area contributed by atoms with Gasteiger partial charge in [-0.15, -0.1) is 0 Å². The molecule has 3 aliphatic heterocycles. The first-order valence-corrected chi connectivity index (χ1v) is 21.2. The number of carbonyl (C=O) groups is 1. The summed E-state index contributed by atoms with van der Waals surface area (Å²) in [6.45, 7) is -2.99. The van der Waals surface area contributed by atoms with Crippen LogP contribution in [0.25, 0.3) is 0 Å². The van der Waals surface area contributed by atoms with Crippen molar-refractivity contribution in [2.45, 2.75) is 92.0 Å². The topological polar surface area (TPSA) is 514 Å². The van der Waals surface area contributed by atoms with Crippen molar-refractivity contribution < 1.29 is 313 Å². The van der Waals surface area contributed by atoms with Gasteiger partial charge in [-0.1, -0.05) is 0 Å². The van der Waals surface area contributed by atoms with Crippen molar-refractivity contribution in [1.29, 1.82) is 0 Å². The molecule has 3 rings (SSSR count). The van der Waals surface area contributed by atoms with Crippen molar-refractivity contribution in [1.82, 2.24) is 9.44 Å². The quantitative estimate of drug-likeness (QED) is 0.0422. The number of aliphatic hydroxyl groups excluding tert-OH is 4. The Hall–Kier alpha value is 4.42. The summed E-state index contributed by atoms with van der Waals surface area (Å²) in [5.41, 5.74) is 0. The number of carboxylic acids is 1. The maximum Gasteiger partial charge on any atom is 1.00 e. The molecule has 330 valence electrons. The largest absolute Gasteiger partial charge is 1.00 e. The first-order chi connectivity index (χ1) is 25.3. The van der Waals surface area contributed by atoms with Crippen LogP contribution in [0.1, 0.15) is 0 Å². The first kappa shape index (κ1) is 73.0. The van der Waals surface area contributed by atoms with E-state index in [1.807, 2.05) is 0 Å². The number of ether oxygens (including phenoxy) is 6. The van der Waals surface area contributed by atoms with Crippen LogP contribution in [0.3, 0.4) is 0 Å². The van der Waals surface area contributed by atoms with Crippen LogP contribution in [-0.2, 0) is 97.6 Å². The summed E-state index contributed by atoms with van der Waals surface area (Å²) < 4.78 is 216. The minimum Gasteiger partial charge on any atom is -0.735 e. The molecule has 3 heterocycles. The second kappa shape index (κ2) is 29.8. The van der Waals surface area contributed by atoms with Gasteiger partial charge in [0.25, 0.3) is 0 Å². The summed E-state index contributed by atoms with van der Waals surface area (Å²) in [4.78, 5) is 12.3. The number of nitrogens with one attached hydrogen (secondary N) is 2. The zero-order chi connectivity index (χ0) is 42.9. The molecule has 15 atom stereocenters. The van der Waals surface area contributed by atoms with Gasteiger partial charge in [0.05, 0.1) is 19.2 Å². The van der Waals surface area contributed by atoms with Crippen LogP contribution in [0.15, 0.2) is 0 Å². The Labute approximate surface area is 485 Å². The fourth-order valence-electron chi connectivity index (χ4n) is 5.32. The van der Waals surface area contributed by atoms with Crippen LogP contribution >= 0.6 is 0 Å². The molecule has 0 amide bonds. The molecule has 0 spiro atoms. The fraction of sp³-hybridized carbons (Fsp3) is 0.947. The molecule has 43 heteroatoms. The van der Waals surface area contributed by atoms with E-state index in [0.717, 1.165) is 11.8 Å². The molecule has 6 N–H and O–H groups in total. The van der Waals surface area contributed by atoms with Crippen molar-refractivity contribution in [2.24, 2.45) is 0 Å². The molecule has 0 radical (unpaired) electrons. The summed E-state index contributed by atoms with van der Waals surface area (Å²) in [5, 5.41) is 55.3. The minimum atomic E-state index is -6.13. The van der Waals surface area contributed by atoms with Crippen LogP contribution in [-0.4, -0.2) is 204 Å². The Morgan fingerprint density at radius 2 is 0.968 bits per heavy atom. The van der Waals surface area contributed by atoms with Crippen molar-refractivity contribution in [3.63, 3.8) is 0 Å². The third-order valence-corrected chi connectivity index (χ3v) is 9.91. The second-order valence-electron chi connectivity index (χ2n) is 11.3. The van der Waals surface area contributed by atoms with Gasteiger partial charge in [0, 0.05) is 7.11 Å². The van der Waals surface area contributed by atoms with Gasteiger partial charge in [0.1, 0.15) is 67.0 Å². The van der Waals surface area contributed by atoms with Gasteiger partial charge in [-0.2, -0.15) is 0 Å². The Morgan fingerprint density at radius 1 is 0.548 bits per heavy atom. The molecule has 3 saturated heterocycles. The average Bonchev–Trinajstić information content (AvgIpc) is 3.01. The van der Waals surface area contributed by atoms with Gasteiger partial charge in [-0.05, 0) is 0 Å². The van der Waals surface area contributed by atoms with Crippen molar-refractivity contribution in [3.8, 4) is 0 Å².